The molecule has 2 rings (SSSR count). The highest BCUT2D eigenvalue weighted by atomic mass is 19.1. The van der Waals surface area contributed by atoms with Crippen LogP contribution in [0.3, 0.4) is 0 Å². The summed E-state index contributed by atoms with van der Waals surface area (Å²) in [6.07, 6.45) is 0.525. The minimum Gasteiger partial charge on any atom is -0.481 e. The molecule has 0 aliphatic heterocycles. The van der Waals surface area contributed by atoms with Gasteiger partial charge in [0.05, 0.1) is 12.0 Å². The zero-order valence-corrected chi connectivity index (χ0v) is 11.2. The van der Waals surface area contributed by atoms with Gasteiger partial charge in [0.25, 0.3) is 0 Å². The zero-order chi connectivity index (χ0) is 14.9. The zero-order valence-electron chi connectivity index (χ0n) is 11.2. The van der Waals surface area contributed by atoms with Gasteiger partial charge in [-0.1, -0.05) is 13.3 Å². The average Bonchev–Trinajstić information content (AvgIpc) is 2.85. The van der Waals surface area contributed by atoms with E-state index in [1.54, 1.807) is 0 Å². The predicted octanol–water partition coefficient (Wildman–Crippen LogP) is 3.14. The van der Waals surface area contributed by atoms with E-state index in [0.29, 0.717) is 12.8 Å². The van der Waals surface area contributed by atoms with Crippen molar-refractivity contribution < 1.29 is 23.8 Å². The number of aliphatic carboxylic acids is 1. The Morgan fingerprint density at radius 1 is 1.40 bits per heavy atom. The third kappa shape index (κ3) is 2.82. The molecule has 1 aliphatic carbocycles. The number of carbonyl (C=O) groups is 1. The third-order valence-electron chi connectivity index (χ3n) is 4.29. The summed E-state index contributed by atoms with van der Waals surface area (Å²) < 4.78 is 26.9. The molecule has 0 saturated heterocycles. The van der Waals surface area contributed by atoms with Gasteiger partial charge >= 0.3 is 5.97 Å². The molecule has 110 valence electrons. The molecule has 4 atom stereocenters. The van der Waals surface area contributed by atoms with Gasteiger partial charge in [-0.25, -0.2) is 8.78 Å². The number of carboxylic acids is 1. The molecule has 0 bridgehead atoms. The van der Waals surface area contributed by atoms with E-state index in [9.17, 15) is 23.8 Å². The molecular formula is C15H18F2O3. The largest absolute Gasteiger partial charge is 0.481 e. The normalized spacial score (nSPS) is 27.5. The van der Waals surface area contributed by atoms with E-state index in [2.05, 4.69) is 0 Å². The number of aliphatic hydroxyl groups excluding tert-OH is 1. The minimum atomic E-state index is -1.29. The SMILES string of the molecule is CCC1CC(C(=O)O)C(C(O)c2cc(F)ccc2F)C1. The monoisotopic (exact) mass is 284 g/mol. The molecule has 0 spiro atoms. The summed E-state index contributed by atoms with van der Waals surface area (Å²) in [7, 11) is 0. The first-order valence-corrected chi connectivity index (χ1v) is 6.79. The topological polar surface area (TPSA) is 57.5 Å². The maximum atomic E-state index is 13.7. The highest BCUT2D eigenvalue weighted by Gasteiger charge is 2.42. The van der Waals surface area contributed by atoms with Crippen LogP contribution in [0, 0.1) is 29.4 Å². The Labute approximate surface area is 116 Å². The van der Waals surface area contributed by atoms with E-state index < -0.39 is 35.5 Å². The Morgan fingerprint density at radius 3 is 2.70 bits per heavy atom. The molecule has 0 radical (unpaired) electrons. The van der Waals surface area contributed by atoms with Crippen molar-refractivity contribution in [3.8, 4) is 0 Å². The number of rotatable bonds is 4. The minimum absolute atomic E-state index is 0.155. The molecule has 1 fully saturated rings. The van der Waals surface area contributed by atoms with E-state index in [-0.39, 0.29) is 11.5 Å². The van der Waals surface area contributed by atoms with Gasteiger partial charge in [-0.15, -0.1) is 0 Å². The number of carboxylic acid groups (broad SMARTS) is 1. The Kier molecular flexibility index (Phi) is 4.38. The second-order valence-corrected chi connectivity index (χ2v) is 5.46. The first-order valence-electron chi connectivity index (χ1n) is 6.79. The fourth-order valence-electron chi connectivity index (χ4n) is 3.12. The van der Waals surface area contributed by atoms with E-state index in [1.807, 2.05) is 6.92 Å². The molecule has 1 aromatic rings. The Bertz CT molecular complexity index is 504. The van der Waals surface area contributed by atoms with Crippen LogP contribution >= 0.6 is 0 Å². The van der Waals surface area contributed by atoms with Gasteiger partial charge in [-0.2, -0.15) is 0 Å². The molecule has 3 nitrogen and oxygen atoms in total. The van der Waals surface area contributed by atoms with Crippen LogP contribution in [0.2, 0.25) is 0 Å². The number of halogens is 2. The van der Waals surface area contributed by atoms with Crippen molar-refractivity contribution in [1.29, 1.82) is 0 Å². The van der Waals surface area contributed by atoms with Crippen molar-refractivity contribution in [1.82, 2.24) is 0 Å². The predicted molar refractivity (Wildman–Crippen MR) is 68.9 cm³/mol. The van der Waals surface area contributed by atoms with Crippen LogP contribution in [-0.4, -0.2) is 16.2 Å². The van der Waals surface area contributed by atoms with Crippen molar-refractivity contribution in [3.63, 3.8) is 0 Å². The molecule has 1 aromatic carbocycles. The summed E-state index contributed by atoms with van der Waals surface area (Å²) in [6, 6.07) is 2.87. The lowest BCUT2D eigenvalue weighted by atomic mass is 9.86. The molecule has 0 aromatic heterocycles. The Hall–Kier alpha value is -1.49. The summed E-state index contributed by atoms with van der Waals surface area (Å²) in [5.41, 5.74) is -0.155. The summed E-state index contributed by atoms with van der Waals surface area (Å²) in [4.78, 5) is 11.3. The van der Waals surface area contributed by atoms with Gasteiger partial charge in [0.15, 0.2) is 0 Å². The third-order valence-corrected chi connectivity index (χ3v) is 4.29. The van der Waals surface area contributed by atoms with Crippen LogP contribution in [0.1, 0.15) is 37.9 Å². The van der Waals surface area contributed by atoms with E-state index >= 15 is 0 Å². The van der Waals surface area contributed by atoms with Gasteiger partial charge in [-0.05, 0) is 37.0 Å². The summed E-state index contributed by atoms with van der Waals surface area (Å²) in [6.45, 7) is 1.96. The molecule has 4 unspecified atom stereocenters. The maximum absolute atomic E-state index is 13.7. The van der Waals surface area contributed by atoms with Crippen molar-refractivity contribution in [3.05, 3.63) is 35.4 Å². The fourth-order valence-corrected chi connectivity index (χ4v) is 3.12. The van der Waals surface area contributed by atoms with Crippen LogP contribution in [0.15, 0.2) is 18.2 Å². The van der Waals surface area contributed by atoms with E-state index in [0.717, 1.165) is 24.6 Å². The lowest BCUT2D eigenvalue weighted by Gasteiger charge is -2.23. The summed E-state index contributed by atoms with van der Waals surface area (Å²) in [5, 5.41) is 19.5. The van der Waals surface area contributed by atoms with Crippen molar-refractivity contribution in [2.45, 2.75) is 32.3 Å². The van der Waals surface area contributed by atoms with Gasteiger partial charge in [0, 0.05) is 11.5 Å². The van der Waals surface area contributed by atoms with Crippen molar-refractivity contribution in [2.75, 3.05) is 0 Å². The van der Waals surface area contributed by atoms with Gasteiger partial charge in [0.1, 0.15) is 11.6 Å². The molecular weight excluding hydrogens is 266 g/mol. The Morgan fingerprint density at radius 2 is 2.10 bits per heavy atom. The van der Waals surface area contributed by atoms with Gasteiger partial charge in [-0.3, -0.25) is 4.79 Å². The number of hydrogen-bond acceptors (Lipinski definition) is 2. The van der Waals surface area contributed by atoms with Crippen LogP contribution in [0.4, 0.5) is 8.78 Å². The molecule has 2 N–H and O–H groups in total. The van der Waals surface area contributed by atoms with Crippen molar-refractivity contribution >= 4 is 5.97 Å². The van der Waals surface area contributed by atoms with Crippen molar-refractivity contribution in [2.24, 2.45) is 17.8 Å². The molecule has 0 heterocycles. The molecule has 1 aliphatic rings. The summed E-state index contributed by atoms with van der Waals surface area (Å²) >= 11 is 0. The lowest BCUT2D eigenvalue weighted by Crippen LogP contribution is -2.24. The fraction of sp³-hybridized carbons (Fsp3) is 0.533. The second kappa shape index (κ2) is 5.87. The molecule has 1 saturated carbocycles. The molecule has 0 amide bonds. The van der Waals surface area contributed by atoms with E-state index in [1.165, 1.54) is 0 Å². The van der Waals surface area contributed by atoms with Gasteiger partial charge < -0.3 is 10.2 Å². The standard InChI is InChI=1S/C15H18F2O3/c1-2-8-5-10(11(6-8)15(19)20)14(18)12-7-9(16)3-4-13(12)17/h3-4,7-8,10-11,14,18H,2,5-6H2,1H3,(H,19,20). The van der Waals surface area contributed by atoms with E-state index in [4.69, 9.17) is 0 Å². The lowest BCUT2D eigenvalue weighted by molar-refractivity contribution is -0.144. The first kappa shape index (κ1) is 14.9. The number of hydrogen-bond donors (Lipinski definition) is 2. The number of benzene rings is 1. The van der Waals surface area contributed by atoms with Crippen LogP contribution in [0.5, 0.6) is 0 Å². The van der Waals surface area contributed by atoms with Crippen LogP contribution in [-0.2, 0) is 4.79 Å². The average molecular weight is 284 g/mol. The smallest absolute Gasteiger partial charge is 0.306 e. The maximum Gasteiger partial charge on any atom is 0.306 e. The first-order chi connectivity index (χ1) is 9.43. The highest BCUT2D eigenvalue weighted by Crippen LogP contribution is 2.45. The number of aliphatic hydroxyl groups is 1. The second-order valence-electron chi connectivity index (χ2n) is 5.46. The highest BCUT2D eigenvalue weighted by molar-refractivity contribution is 5.71. The Balaban J connectivity index is 2.28. The molecule has 20 heavy (non-hydrogen) atoms. The quantitative estimate of drug-likeness (QED) is 0.893. The summed E-state index contributed by atoms with van der Waals surface area (Å²) in [5.74, 6) is -3.42. The molecule has 5 heteroatoms. The van der Waals surface area contributed by atoms with Crippen LogP contribution in [0.25, 0.3) is 0 Å². The van der Waals surface area contributed by atoms with Crippen LogP contribution < -0.4 is 0 Å². The van der Waals surface area contributed by atoms with Gasteiger partial charge in [0.2, 0.25) is 0 Å².